The lowest BCUT2D eigenvalue weighted by Gasteiger charge is -2.34. The summed E-state index contributed by atoms with van der Waals surface area (Å²) in [5.74, 6) is 0. The second kappa shape index (κ2) is 7.15. The summed E-state index contributed by atoms with van der Waals surface area (Å²) in [5.41, 5.74) is 0. The first kappa shape index (κ1) is 15.4. The third-order valence-corrected chi connectivity index (χ3v) is 5.64. The normalized spacial score (nSPS) is 20.9. The van der Waals surface area contributed by atoms with Crippen molar-refractivity contribution in [2.45, 2.75) is 43.0 Å². The van der Waals surface area contributed by atoms with E-state index in [1.54, 1.807) is 29.7 Å². The summed E-state index contributed by atoms with van der Waals surface area (Å²) >= 11 is 0. The van der Waals surface area contributed by atoms with Crippen LogP contribution in [0.2, 0.25) is 0 Å². The molecule has 1 unspecified atom stereocenters. The van der Waals surface area contributed by atoms with Crippen molar-refractivity contribution in [3.8, 4) is 0 Å². The third-order valence-electron chi connectivity index (χ3n) is 3.70. The Bertz CT molecular complexity index is 504. The predicted octanol–water partition coefficient (Wildman–Crippen LogP) is 2.05. The van der Waals surface area contributed by atoms with Crippen molar-refractivity contribution < 1.29 is 13.2 Å². The highest BCUT2D eigenvalue weighted by atomic mass is 32.2. The van der Waals surface area contributed by atoms with Crippen LogP contribution in [0, 0.1) is 0 Å². The van der Waals surface area contributed by atoms with Gasteiger partial charge >= 0.3 is 0 Å². The zero-order valence-electron chi connectivity index (χ0n) is 11.9. The van der Waals surface area contributed by atoms with E-state index in [4.69, 9.17) is 4.74 Å². The zero-order chi connectivity index (χ0) is 14.4. The van der Waals surface area contributed by atoms with Gasteiger partial charge in [0, 0.05) is 38.7 Å². The van der Waals surface area contributed by atoms with E-state index in [-0.39, 0.29) is 6.04 Å². The molecule has 1 saturated heterocycles. The van der Waals surface area contributed by atoms with Crippen LogP contribution in [-0.4, -0.2) is 44.0 Å². The van der Waals surface area contributed by atoms with Gasteiger partial charge in [0.25, 0.3) is 0 Å². The van der Waals surface area contributed by atoms with Crippen LogP contribution in [0.25, 0.3) is 0 Å². The van der Waals surface area contributed by atoms with Gasteiger partial charge in [-0.15, -0.1) is 0 Å². The summed E-state index contributed by atoms with van der Waals surface area (Å²) < 4.78 is 32.1. The predicted molar refractivity (Wildman–Crippen MR) is 76.9 cm³/mol. The summed E-state index contributed by atoms with van der Waals surface area (Å²) in [4.78, 5) is 4.21. The van der Waals surface area contributed by atoms with Crippen LogP contribution in [0.4, 0.5) is 0 Å². The highest BCUT2D eigenvalue weighted by molar-refractivity contribution is 7.89. The van der Waals surface area contributed by atoms with E-state index < -0.39 is 10.0 Å². The van der Waals surface area contributed by atoms with Gasteiger partial charge in [-0.3, -0.25) is 4.98 Å². The number of rotatable bonds is 6. The molecule has 1 fully saturated rings. The van der Waals surface area contributed by atoms with Gasteiger partial charge in [-0.1, -0.05) is 6.42 Å². The minimum absolute atomic E-state index is 0.0871. The van der Waals surface area contributed by atoms with E-state index in [0.717, 1.165) is 32.1 Å². The quantitative estimate of drug-likeness (QED) is 0.754. The van der Waals surface area contributed by atoms with Gasteiger partial charge < -0.3 is 4.74 Å². The third kappa shape index (κ3) is 3.56. The van der Waals surface area contributed by atoms with E-state index >= 15 is 0 Å². The molecule has 0 aliphatic carbocycles. The number of sulfonamides is 1. The van der Waals surface area contributed by atoms with E-state index in [2.05, 4.69) is 4.98 Å². The number of hydrogen-bond acceptors (Lipinski definition) is 4. The maximum Gasteiger partial charge on any atom is 0.244 e. The standard InChI is InChI=1S/C14H22N2O3S/c1-19-11-5-7-13-6-2-3-10-16(13)20(17,18)14-8-4-9-15-12-14/h4,8-9,12-13H,2-3,5-7,10-11H2,1H3. The molecule has 0 N–H and O–H groups in total. The van der Waals surface area contributed by atoms with Crippen LogP contribution >= 0.6 is 0 Å². The van der Waals surface area contributed by atoms with Crippen molar-refractivity contribution in [3.05, 3.63) is 24.5 Å². The monoisotopic (exact) mass is 298 g/mol. The van der Waals surface area contributed by atoms with Gasteiger partial charge in [0.15, 0.2) is 0 Å². The molecule has 0 saturated carbocycles. The minimum atomic E-state index is -3.42. The summed E-state index contributed by atoms with van der Waals surface area (Å²) in [7, 11) is -1.75. The Morgan fingerprint density at radius 1 is 1.45 bits per heavy atom. The van der Waals surface area contributed by atoms with Crippen molar-refractivity contribution in [2.24, 2.45) is 0 Å². The van der Waals surface area contributed by atoms with Crippen molar-refractivity contribution in [2.75, 3.05) is 20.3 Å². The van der Waals surface area contributed by atoms with Gasteiger partial charge in [0.05, 0.1) is 0 Å². The molecule has 0 spiro atoms. The molecule has 2 heterocycles. The number of aromatic nitrogens is 1. The molecule has 0 aromatic carbocycles. The van der Waals surface area contributed by atoms with Crippen molar-refractivity contribution in [1.82, 2.24) is 9.29 Å². The van der Waals surface area contributed by atoms with Crippen molar-refractivity contribution >= 4 is 10.0 Å². The number of ether oxygens (including phenoxy) is 1. The molecule has 1 aromatic heterocycles. The van der Waals surface area contributed by atoms with E-state index in [1.165, 1.54) is 6.20 Å². The molecule has 0 radical (unpaired) electrons. The van der Waals surface area contributed by atoms with Crippen LogP contribution < -0.4 is 0 Å². The zero-order valence-corrected chi connectivity index (χ0v) is 12.7. The van der Waals surface area contributed by atoms with Gasteiger partial charge in [-0.05, 0) is 37.8 Å². The molecule has 1 atom stereocenters. The fourth-order valence-electron chi connectivity index (χ4n) is 2.68. The van der Waals surface area contributed by atoms with Crippen LogP contribution in [0.3, 0.4) is 0 Å². The first-order valence-electron chi connectivity index (χ1n) is 7.07. The molecule has 112 valence electrons. The Kier molecular flexibility index (Phi) is 5.51. The van der Waals surface area contributed by atoms with Gasteiger partial charge in [0.1, 0.15) is 4.90 Å². The van der Waals surface area contributed by atoms with Gasteiger partial charge in [-0.25, -0.2) is 8.42 Å². The molecule has 0 bridgehead atoms. The second-order valence-electron chi connectivity index (χ2n) is 5.09. The minimum Gasteiger partial charge on any atom is -0.385 e. The smallest absolute Gasteiger partial charge is 0.244 e. The van der Waals surface area contributed by atoms with Crippen LogP contribution in [0.15, 0.2) is 29.4 Å². The van der Waals surface area contributed by atoms with Crippen LogP contribution in [0.1, 0.15) is 32.1 Å². The summed E-state index contributed by atoms with van der Waals surface area (Å²) in [6.07, 6.45) is 7.72. The molecule has 20 heavy (non-hydrogen) atoms. The highest BCUT2D eigenvalue weighted by Crippen LogP contribution is 2.27. The number of piperidine rings is 1. The fourth-order valence-corrected chi connectivity index (χ4v) is 4.37. The Hall–Kier alpha value is -0.980. The van der Waals surface area contributed by atoms with Crippen LogP contribution in [-0.2, 0) is 14.8 Å². The molecular formula is C14H22N2O3S. The number of methoxy groups -OCH3 is 1. The largest absolute Gasteiger partial charge is 0.385 e. The van der Waals surface area contributed by atoms with Gasteiger partial charge in [0.2, 0.25) is 10.0 Å². The first-order chi connectivity index (χ1) is 9.66. The maximum absolute atomic E-state index is 12.7. The summed E-state index contributed by atoms with van der Waals surface area (Å²) in [5, 5.41) is 0. The average molecular weight is 298 g/mol. The van der Waals surface area contributed by atoms with Gasteiger partial charge in [-0.2, -0.15) is 4.31 Å². The molecule has 6 heteroatoms. The topological polar surface area (TPSA) is 59.5 Å². The lowest BCUT2D eigenvalue weighted by atomic mass is 10.0. The average Bonchev–Trinajstić information content (AvgIpc) is 2.49. The Morgan fingerprint density at radius 3 is 3.00 bits per heavy atom. The summed E-state index contributed by atoms with van der Waals surface area (Å²) in [6, 6.07) is 3.36. The molecular weight excluding hydrogens is 276 g/mol. The van der Waals surface area contributed by atoms with E-state index in [0.29, 0.717) is 18.0 Å². The molecule has 0 amide bonds. The van der Waals surface area contributed by atoms with E-state index in [1.807, 2.05) is 0 Å². The molecule has 1 aliphatic heterocycles. The molecule has 2 rings (SSSR count). The SMILES string of the molecule is COCCCC1CCCCN1S(=O)(=O)c1cccnc1. The number of hydrogen-bond donors (Lipinski definition) is 0. The van der Waals surface area contributed by atoms with E-state index in [9.17, 15) is 8.42 Å². The summed E-state index contributed by atoms with van der Waals surface area (Å²) in [6.45, 7) is 1.28. The lowest BCUT2D eigenvalue weighted by molar-refractivity contribution is 0.172. The van der Waals surface area contributed by atoms with Crippen LogP contribution in [0.5, 0.6) is 0 Å². The Morgan fingerprint density at radius 2 is 2.30 bits per heavy atom. The lowest BCUT2D eigenvalue weighted by Crippen LogP contribution is -2.43. The molecule has 5 nitrogen and oxygen atoms in total. The van der Waals surface area contributed by atoms with Crippen molar-refractivity contribution in [1.29, 1.82) is 0 Å². The Labute approximate surface area is 121 Å². The number of pyridine rings is 1. The first-order valence-corrected chi connectivity index (χ1v) is 8.51. The molecule has 1 aromatic rings. The maximum atomic E-state index is 12.7. The van der Waals surface area contributed by atoms with Crippen molar-refractivity contribution in [3.63, 3.8) is 0 Å². The number of nitrogens with zero attached hydrogens (tertiary/aromatic N) is 2. The Balaban J connectivity index is 2.14. The molecule has 1 aliphatic rings. The highest BCUT2D eigenvalue weighted by Gasteiger charge is 2.33. The second-order valence-corrected chi connectivity index (χ2v) is 6.98. The fraction of sp³-hybridized carbons (Fsp3) is 0.643.